The zero-order chi connectivity index (χ0) is 21.3. The molecule has 1 unspecified atom stereocenters. The quantitative estimate of drug-likeness (QED) is 0.812. The van der Waals surface area contributed by atoms with E-state index >= 15 is 0 Å². The molecule has 1 aromatic heterocycles. The summed E-state index contributed by atoms with van der Waals surface area (Å²) in [5.74, 6) is 0.323. The molecule has 0 spiro atoms. The number of carbonyl (C=O) groups is 2. The van der Waals surface area contributed by atoms with Crippen LogP contribution in [0.5, 0.6) is 0 Å². The highest BCUT2D eigenvalue weighted by atomic mass is 32.1. The van der Waals surface area contributed by atoms with Gasteiger partial charge in [0, 0.05) is 49.1 Å². The smallest absolute Gasteiger partial charge is 0.227 e. The second-order valence-corrected chi connectivity index (χ2v) is 9.46. The number of fused-ring (bicyclic) bond motifs is 1. The summed E-state index contributed by atoms with van der Waals surface area (Å²) in [6.07, 6.45) is 3.02. The number of hydrogen-bond donors (Lipinski definition) is 1. The molecule has 1 aliphatic carbocycles. The van der Waals surface area contributed by atoms with Crippen molar-refractivity contribution in [3.8, 4) is 0 Å². The van der Waals surface area contributed by atoms with Crippen LogP contribution in [0.25, 0.3) is 0 Å². The monoisotopic (exact) mass is 426 g/mol. The number of piperazine rings is 1. The molecule has 1 atom stereocenters. The Morgan fingerprint density at radius 2 is 1.83 bits per heavy atom. The van der Waals surface area contributed by atoms with Gasteiger partial charge < -0.3 is 15.1 Å². The largest absolute Gasteiger partial charge is 0.345 e. The van der Waals surface area contributed by atoms with Crippen molar-refractivity contribution in [3.05, 3.63) is 39.9 Å². The van der Waals surface area contributed by atoms with Crippen LogP contribution in [-0.2, 0) is 22.4 Å². The van der Waals surface area contributed by atoms with E-state index in [1.807, 2.05) is 37.8 Å². The van der Waals surface area contributed by atoms with E-state index in [4.69, 9.17) is 4.98 Å². The summed E-state index contributed by atoms with van der Waals surface area (Å²) >= 11 is 1.72. The van der Waals surface area contributed by atoms with E-state index in [1.54, 1.807) is 11.3 Å². The maximum absolute atomic E-state index is 12.9. The molecule has 7 heteroatoms. The zero-order valence-electron chi connectivity index (χ0n) is 18.0. The summed E-state index contributed by atoms with van der Waals surface area (Å²) in [6, 6.07) is 6.15. The minimum atomic E-state index is -0.00867. The highest BCUT2D eigenvalue weighted by molar-refractivity contribution is 7.15. The third-order valence-corrected chi connectivity index (χ3v) is 7.17. The van der Waals surface area contributed by atoms with Gasteiger partial charge in [0.2, 0.25) is 11.8 Å². The van der Waals surface area contributed by atoms with Gasteiger partial charge in [-0.15, -0.1) is 11.3 Å². The first kappa shape index (κ1) is 20.8. The summed E-state index contributed by atoms with van der Waals surface area (Å²) in [6.45, 7) is 9.19. The van der Waals surface area contributed by atoms with Crippen LogP contribution in [0.1, 0.15) is 41.5 Å². The first-order chi connectivity index (χ1) is 14.4. The lowest BCUT2D eigenvalue weighted by molar-refractivity contribution is -0.131. The van der Waals surface area contributed by atoms with Crippen LogP contribution in [0.15, 0.2) is 18.2 Å². The van der Waals surface area contributed by atoms with Crippen LogP contribution in [0.2, 0.25) is 0 Å². The molecule has 30 heavy (non-hydrogen) atoms. The molecule has 1 aliphatic heterocycles. The minimum absolute atomic E-state index is 0.00867. The first-order valence-electron chi connectivity index (χ1n) is 10.8. The lowest BCUT2D eigenvalue weighted by atomic mass is 9.90. The average Bonchev–Trinajstić information content (AvgIpc) is 3.16. The predicted molar refractivity (Wildman–Crippen MR) is 121 cm³/mol. The molecule has 1 aromatic carbocycles. The van der Waals surface area contributed by atoms with Crippen molar-refractivity contribution in [2.75, 3.05) is 36.4 Å². The number of aromatic nitrogens is 1. The fraction of sp³-hybridized carbons (Fsp3) is 0.522. The summed E-state index contributed by atoms with van der Waals surface area (Å²) in [4.78, 5) is 35.1. The lowest BCUT2D eigenvalue weighted by Crippen LogP contribution is -2.48. The minimum Gasteiger partial charge on any atom is -0.345 e. The third kappa shape index (κ3) is 4.51. The van der Waals surface area contributed by atoms with Crippen molar-refractivity contribution in [3.63, 3.8) is 0 Å². The van der Waals surface area contributed by atoms with Crippen LogP contribution in [0, 0.1) is 19.8 Å². The van der Waals surface area contributed by atoms with Crippen LogP contribution in [-0.4, -0.2) is 47.9 Å². The number of rotatable bonds is 4. The zero-order valence-corrected chi connectivity index (χ0v) is 18.8. The van der Waals surface area contributed by atoms with Crippen molar-refractivity contribution in [1.82, 2.24) is 9.88 Å². The number of anilines is 2. The highest BCUT2D eigenvalue weighted by Crippen LogP contribution is 2.35. The number of amides is 2. The molecule has 2 amide bonds. The molecule has 6 nitrogen and oxygen atoms in total. The number of aryl methyl sites for hydroxylation is 3. The molecular weight excluding hydrogens is 396 g/mol. The Morgan fingerprint density at radius 3 is 2.50 bits per heavy atom. The van der Waals surface area contributed by atoms with Crippen molar-refractivity contribution < 1.29 is 9.59 Å². The molecule has 160 valence electrons. The van der Waals surface area contributed by atoms with E-state index in [0.29, 0.717) is 6.42 Å². The van der Waals surface area contributed by atoms with Crippen molar-refractivity contribution in [1.29, 1.82) is 0 Å². The highest BCUT2D eigenvalue weighted by Gasteiger charge is 2.29. The van der Waals surface area contributed by atoms with E-state index in [9.17, 15) is 9.59 Å². The summed E-state index contributed by atoms with van der Waals surface area (Å²) in [5, 5.41) is 4.15. The molecule has 2 heterocycles. The van der Waals surface area contributed by atoms with Gasteiger partial charge in [-0.25, -0.2) is 4.98 Å². The van der Waals surface area contributed by atoms with Gasteiger partial charge in [0.15, 0.2) is 5.13 Å². The van der Waals surface area contributed by atoms with Gasteiger partial charge in [-0.1, -0.05) is 13.0 Å². The molecule has 0 saturated carbocycles. The Kier molecular flexibility index (Phi) is 6.09. The number of nitrogens with zero attached hydrogens (tertiary/aromatic N) is 3. The standard InChI is InChI=1S/C23H30N4O2S/c1-4-21(28)26-7-9-27(10-8-26)23-25-19-6-5-17(14-20(19)30-23)22(29)24-18-12-15(2)11-16(3)13-18/h11-13,17H,4-10,14H2,1-3H3,(H,24,29). The van der Waals surface area contributed by atoms with Crippen molar-refractivity contribution in [2.24, 2.45) is 5.92 Å². The van der Waals surface area contributed by atoms with Gasteiger partial charge in [0.05, 0.1) is 5.69 Å². The summed E-state index contributed by atoms with van der Waals surface area (Å²) < 4.78 is 0. The predicted octanol–water partition coefficient (Wildman–Crippen LogP) is 3.56. The first-order valence-corrected chi connectivity index (χ1v) is 11.6. The SMILES string of the molecule is CCC(=O)N1CCN(c2nc3c(s2)CC(C(=O)Nc2cc(C)cc(C)c2)CC3)CC1. The van der Waals surface area contributed by atoms with Crippen molar-refractivity contribution >= 4 is 34.0 Å². The Balaban J connectivity index is 1.38. The van der Waals surface area contributed by atoms with Gasteiger partial charge in [-0.3, -0.25) is 9.59 Å². The fourth-order valence-corrected chi connectivity index (χ4v) is 5.62. The molecule has 2 aliphatic rings. The summed E-state index contributed by atoms with van der Waals surface area (Å²) in [7, 11) is 0. The fourth-order valence-electron chi connectivity index (χ4n) is 4.38. The molecule has 4 rings (SSSR count). The van der Waals surface area contributed by atoms with E-state index < -0.39 is 0 Å². The van der Waals surface area contributed by atoms with Gasteiger partial charge in [-0.05, 0) is 56.4 Å². The van der Waals surface area contributed by atoms with E-state index in [-0.39, 0.29) is 17.7 Å². The molecular formula is C23H30N4O2S. The Bertz CT molecular complexity index is 926. The lowest BCUT2D eigenvalue weighted by Gasteiger charge is -2.34. The van der Waals surface area contributed by atoms with E-state index in [2.05, 4.69) is 16.3 Å². The number of carbonyl (C=O) groups excluding carboxylic acids is 2. The van der Waals surface area contributed by atoms with Crippen molar-refractivity contribution in [2.45, 2.75) is 46.5 Å². The van der Waals surface area contributed by atoms with E-state index in [0.717, 1.165) is 73.1 Å². The van der Waals surface area contributed by atoms with Gasteiger partial charge in [0.1, 0.15) is 0 Å². The molecule has 0 radical (unpaired) electrons. The van der Waals surface area contributed by atoms with Gasteiger partial charge in [0.25, 0.3) is 0 Å². The van der Waals surface area contributed by atoms with Crippen LogP contribution in [0.4, 0.5) is 10.8 Å². The topological polar surface area (TPSA) is 65.5 Å². The third-order valence-electron chi connectivity index (χ3n) is 5.99. The van der Waals surface area contributed by atoms with Crippen LogP contribution >= 0.6 is 11.3 Å². The second kappa shape index (κ2) is 8.76. The van der Waals surface area contributed by atoms with Gasteiger partial charge >= 0.3 is 0 Å². The Morgan fingerprint density at radius 1 is 1.13 bits per heavy atom. The Hall–Kier alpha value is -2.41. The number of nitrogens with one attached hydrogen (secondary N) is 1. The van der Waals surface area contributed by atoms with E-state index in [1.165, 1.54) is 4.88 Å². The second-order valence-electron chi connectivity index (χ2n) is 8.39. The maximum Gasteiger partial charge on any atom is 0.227 e. The molecule has 1 fully saturated rings. The van der Waals surface area contributed by atoms with Crippen LogP contribution in [0.3, 0.4) is 0 Å². The maximum atomic E-state index is 12.9. The van der Waals surface area contributed by atoms with Crippen LogP contribution < -0.4 is 10.2 Å². The average molecular weight is 427 g/mol. The number of benzene rings is 1. The van der Waals surface area contributed by atoms with Gasteiger partial charge in [-0.2, -0.15) is 0 Å². The summed E-state index contributed by atoms with van der Waals surface area (Å²) in [5.41, 5.74) is 4.35. The Labute approximate surface area is 182 Å². The molecule has 1 saturated heterocycles. The molecule has 2 aromatic rings. The normalized spacial score (nSPS) is 18.8. The molecule has 0 bridgehead atoms. The molecule has 1 N–H and O–H groups in total. The number of thiazole rings is 1. The number of hydrogen-bond acceptors (Lipinski definition) is 5.